The van der Waals surface area contributed by atoms with Crippen LogP contribution in [0.25, 0.3) is 0 Å². The summed E-state index contributed by atoms with van der Waals surface area (Å²) in [4.78, 5) is 0. The molecule has 1 aromatic carbocycles. The Labute approximate surface area is 110 Å². The summed E-state index contributed by atoms with van der Waals surface area (Å²) in [6.45, 7) is 0. The summed E-state index contributed by atoms with van der Waals surface area (Å²) < 4.78 is 5.82. The molecule has 2 aliphatic rings. The molecule has 98 valence electrons. The van der Waals surface area contributed by atoms with Crippen molar-refractivity contribution < 1.29 is 4.74 Å². The summed E-state index contributed by atoms with van der Waals surface area (Å²) >= 11 is 0. The molecule has 2 heteroatoms. The van der Waals surface area contributed by atoms with E-state index in [1.165, 1.54) is 24.8 Å². The molecule has 0 aromatic heterocycles. The van der Waals surface area contributed by atoms with E-state index in [2.05, 4.69) is 30.3 Å². The molecule has 0 amide bonds. The predicted molar refractivity (Wildman–Crippen MR) is 73.5 cm³/mol. The van der Waals surface area contributed by atoms with E-state index in [1.54, 1.807) is 0 Å². The van der Waals surface area contributed by atoms with Gasteiger partial charge < -0.3 is 10.5 Å². The summed E-state index contributed by atoms with van der Waals surface area (Å²) in [5.41, 5.74) is 7.95. The lowest BCUT2D eigenvalue weighted by Crippen LogP contribution is -2.49. The molecule has 2 saturated carbocycles. The van der Waals surface area contributed by atoms with Crippen molar-refractivity contribution in [2.45, 2.75) is 49.7 Å². The summed E-state index contributed by atoms with van der Waals surface area (Å²) in [6, 6.07) is 11.0. The zero-order chi connectivity index (χ0) is 12.6. The van der Waals surface area contributed by atoms with Crippen molar-refractivity contribution in [3.05, 3.63) is 35.9 Å². The lowest BCUT2D eigenvalue weighted by atomic mass is 9.88. The van der Waals surface area contributed by atoms with Crippen molar-refractivity contribution in [2.24, 2.45) is 11.7 Å². The van der Waals surface area contributed by atoms with Crippen LogP contribution in [0.1, 0.15) is 43.6 Å². The normalized spacial score (nSPS) is 31.2. The SMILES string of the molecule is COC1(C(N)C2CC2c2ccccc2)CCCC1. The molecule has 0 radical (unpaired) electrons. The molecule has 3 rings (SSSR count). The Bertz CT molecular complexity index is 397. The van der Waals surface area contributed by atoms with Crippen LogP contribution in [0.4, 0.5) is 0 Å². The van der Waals surface area contributed by atoms with Crippen LogP contribution in [-0.4, -0.2) is 18.8 Å². The van der Waals surface area contributed by atoms with Gasteiger partial charge >= 0.3 is 0 Å². The number of hydrogen-bond donors (Lipinski definition) is 1. The number of ether oxygens (including phenoxy) is 1. The summed E-state index contributed by atoms with van der Waals surface area (Å²) in [6.07, 6.45) is 6.05. The second-order valence-electron chi connectivity index (χ2n) is 5.92. The average molecular weight is 245 g/mol. The second kappa shape index (κ2) is 4.67. The summed E-state index contributed by atoms with van der Waals surface area (Å²) in [7, 11) is 1.84. The maximum atomic E-state index is 6.53. The summed E-state index contributed by atoms with van der Waals surface area (Å²) in [5, 5.41) is 0. The minimum atomic E-state index is -0.0335. The molecule has 1 aromatic rings. The first kappa shape index (κ1) is 12.2. The van der Waals surface area contributed by atoms with Crippen LogP contribution in [0.15, 0.2) is 30.3 Å². The fourth-order valence-electron chi connectivity index (χ4n) is 3.73. The maximum absolute atomic E-state index is 6.53. The molecule has 2 N–H and O–H groups in total. The van der Waals surface area contributed by atoms with Gasteiger partial charge in [-0.2, -0.15) is 0 Å². The van der Waals surface area contributed by atoms with Crippen molar-refractivity contribution in [3.63, 3.8) is 0 Å². The number of hydrogen-bond acceptors (Lipinski definition) is 2. The third-order valence-electron chi connectivity index (χ3n) is 4.99. The van der Waals surface area contributed by atoms with Gasteiger partial charge in [0, 0.05) is 13.2 Å². The van der Waals surface area contributed by atoms with Gasteiger partial charge in [0.2, 0.25) is 0 Å². The largest absolute Gasteiger partial charge is 0.377 e. The van der Waals surface area contributed by atoms with Crippen LogP contribution in [0.3, 0.4) is 0 Å². The van der Waals surface area contributed by atoms with Crippen LogP contribution in [-0.2, 0) is 4.74 Å². The number of methoxy groups -OCH3 is 1. The molecule has 2 nitrogen and oxygen atoms in total. The highest BCUT2D eigenvalue weighted by Gasteiger charge is 2.52. The van der Waals surface area contributed by atoms with Gasteiger partial charge in [-0.1, -0.05) is 43.2 Å². The Morgan fingerprint density at radius 3 is 2.50 bits per heavy atom. The molecule has 3 atom stereocenters. The van der Waals surface area contributed by atoms with Gasteiger partial charge in [0.05, 0.1) is 5.60 Å². The topological polar surface area (TPSA) is 35.2 Å². The molecule has 0 bridgehead atoms. The van der Waals surface area contributed by atoms with Gasteiger partial charge in [-0.25, -0.2) is 0 Å². The Hall–Kier alpha value is -0.860. The van der Waals surface area contributed by atoms with Gasteiger partial charge in [-0.15, -0.1) is 0 Å². The molecular weight excluding hydrogens is 222 g/mol. The van der Waals surface area contributed by atoms with E-state index in [1.807, 2.05) is 7.11 Å². The molecule has 2 fully saturated rings. The minimum absolute atomic E-state index is 0.0335. The third kappa shape index (κ3) is 1.98. The molecule has 0 spiro atoms. The molecule has 2 aliphatic carbocycles. The minimum Gasteiger partial charge on any atom is -0.377 e. The Morgan fingerprint density at radius 2 is 1.89 bits per heavy atom. The first-order valence-electron chi connectivity index (χ1n) is 7.12. The van der Waals surface area contributed by atoms with Crippen LogP contribution in [0.5, 0.6) is 0 Å². The first-order chi connectivity index (χ1) is 8.77. The van der Waals surface area contributed by atoms with Crippen molar-refractivity contribution in [1.82, 2.24) is 0 Å². The fourth-order valence-corrected chi connectivity index (χ4v) is 3.73. The third-order valence-corrected chi connectivity index (χ3v) is 4.99. The van der Waals surface area contributed by atoms with E-state index < -0.39 is 0 Å². The first-order valence-corrected chi connectivity index (χ1v) is 7.12. The zero-order valence-electron chi connectivity index (χ0n) is 11.1. The van der Waals surface area contributed by atoms with E-state index in [0.29, 0.717) is 11.8 Å². The van der Waals surface area contributed by atoms with Gasteiger partial charge in [-0.05, 0) is 36.7 Å². The number of rotatable bonds is 4. The number of nitrogens with two attached hydrogens (primary N) is 1. The predicted octanol–water partition coefficient (Wildman–Crippen LogP) is 3.08. The Balaban J connectivity index is 1.70. The van der Waals surface area contributed by atoms with Crippen LogP contribution < -0.4 is 5.73 Å². The van der Waals surface area contributed by atoms with Gasteiger partial charge in [-0.3, -0.25) is 0 Å². The van der Waals surface area contributed by atoms with Gasteiger partial charge in [0.15, 0.2) is 0 Å². The molecule has 3 unspecified atom stereocenters. The monoisotopic (exact) mass is 245 g/mol. The molecular formula is C16H23NO. The highest BCUT2D eigenvalue weighted by atomic mass is 16.5. The summed E-state index contributed by atoms with van der Waals surface area (Å²) in [5.74, 6) is 1.28. The van der Waals surface area contributed by atoms with Gasteiger partial charge in [0.1, 0.15) is 0 Å². The van der Waals surface area contributed by atoms with E-state index in [0.717, 1.165) is 12.8 Å². The highest BCUT2D eigenvalue weighted by Crippen LogP contribution is 2.53. The van der Waals surface area contributed by atoms with E-state index in [9.17, 15) is 0 Å². The lowest BCUT2D eigenvalue weighted by molar-refractivity contribution is -0.0313. The lowest BCUT2D eigenvalue weighted by Gasteiger charge is -2.34. The Kier molecular flexibility index (Phi) is 3.16. The smallest absolute Gasteiger partial charge is 0.0831 e. The second-order valence-corrected chi connectivity index (χ2v) is 5.92. The van der Waals surface area contributed by atoms with Crippen molar-refractivity contribution in [1.29, 1.82) is 0 Å². The molecule has 0 heterocycles. The molecule has 0 saturated heterocycles. The maximum Gasteiger partial charge on any atom is 0.0831 e. The van der Waals surface area contributed by atoms with Crippen LogP contribution >= 0.6 is 0 Å². The quantitative estimate of drug-likeness (QED) is 0.884. The van der Waals surface area contributed by atoms with Gasteiger partial charge in [0.25, 0.3) is 0 Å². The fraction of sp³-hybridized carbons (Fsp3) is 0.625. The van der Waals surface area contributed by atoms with Crippen molar-refractivity contribution >= 4 is 0 Å². The molecule has 0 aliphatic heterocycles. The van der Waals surface area contributed by atoms with Crippen LogP contribution in [0.2, 0.25) is 0 Å². The highest BCUT2D eigenvalue weighted by molar-refractivity contribution is 5.27. The standard InChI is InChI=1S/C16H23NO/c1-18-16(9-5-6-10-16)15(17)14-11-13(14)12-7-3-2-4-8-12/h2-4,7-8,13-15H,5-6,9-11,17H2,1H3. The van der Waals surface area contributed by atoms with Crippen molar-refractivity contribution in [2.75, 3.05) is 7.11 Å². The number of benzene rings is 1. The zero-order valence-corrected chi connectivity index (χ0v) is 11.1. The van der Waals surface area contributed by atoms with Crippen LogP contribution in [0, 0.1) is 5.92 Å². The van der Waals surface area contributed by atoms with E-state index in [4.69, 9.17) is 10.5 Å². The van der Waals surface area contributed by atoms with E-state index in [-0.39, 0.29) is 11.6 Å². The average Bonchev–Trinajstić information content (AvgIpc) is 3.08. The Morgan fingerprint density at radius 1 is 1.22 bits per heavy atom. The molecule has 18 heavy (non-hydrogen) atoms. The van der Waals surface area contributed by atoms with E-state index >= 15 is 0 Å². The van der Waals surface area contributed by atoms with Crippen molar-refractivity contribution in [3.8, 4) is 0 Å².